The first-order valence-corrected chi connectivity index (χ1v) is 15.7. The Morgan fingerprint density at radius 1 is 0.744 bits per heavy atom. The van der Waals surface area contributed by atoms with Gasteiger partial charge in [-0.15, -0.1) is 0 Å². The molecule has 0 bridgehead atoms. The molecule has 2 unspecified atom stereocenters. The number of amides is 3. The molecule has 0 aromatic rings. The number of rotatable bonds is 25. The van der Waals surface area contributed by atoms with Gasteiger partial charge in [0.05, 0.1) is 5.60 Å². The van der Waals surface area contributed by atoms with E-state index in [0.717, 1.165) is 51.6 Å². The van der Waals surface area contributed by atoms with Crippen LogP contribution in [-0.4, -0.2) is 76.0 Å². The van der Waals surface area contributed by atoms with Gasteiger partial charge in [-0.3, -0.25) is 9.59 Å². The Kier molecular flexibility index (Phi) is 19.5. The normalized spacial score (nSPS) is 15.5. The Morgan fingerprint density at radius 3 is 1.86 bits per heavy atom. The van der Waals surface area contributed by atoms with Crippen LogP contribution in [0.25, 0.3) is 0 Å². The molecule has 0 aromatic carbocycles. The summed E-state index contributed by atoms with van der Waals surface area (Å²) in [5, 5.41) is 34.4. The van der Waals surface area contributed by atoms with Gasteiger partial charge in [0.25, 0.3) is 0 Å². The molecule has 0 spiro atoms. The molecule has 43 heavy (non-hydrogen) atoms. The molecule has 0 aliphatic carbocycles. The van der Waals surface area contributed by atoms with Crippen LogP contribution in [0.1, 0.15) is 125 Å². The van der Waals surface area contributed by atoms with Crippen molar-refractivity contribution in [1.29, 1.82) is 0 Å². The molecule has 0 aliphatic heterocycles. The SMILES string of the molecule is CCC(C)(CCCCCC(=O)NCCCC[C@H](NC(=O)N[C@@H](CCC(=O)O)C(=O)O)C(=O)O)OCCC(C)(CC)C(C)C. The molecule has 0 saturated heterocycles. The smallest absolute Gasteiger partial charge is 0.326 e. The van der Waals surface area contributed by atoms with E-state index in [9.17, 15) is 29.1 Å². The third kappa shape index (κ3) is 17.7. The van der Waals surface area contributed by atoms with Crippen molar-refractivity contribution >= 4 is 29.8 Å². The molecule has 250 valence electrons. The van der Waals surface area contributed by atoms with Crippen molar-refractivity contribution in [3.63, 3.8) is 0 Å². The van der Waals surface area contributed by atoms with E-state index in [2.05, 4.69) is 57.5 Å². The van der Waals surface area contributed by atoms with Crippen molar-refractivity contribution in [2.75, 3.05) is 13.2 Å². The fourth-order valence-corrected chi connectivity index (χ4v) is 4.65. The van der Waals surface area contributed by atoms with Crippen LogP contribution >= 0.6 is 0 Å². The van der Waals surface area contributed by atoms with Crippen molar-refractivity contribution < 1.29 is 44.0 Å². The Bertz CT molecular complexity index is 883. The molecule has 6 N–H and O–H groups in total. The minimum Gasteiger partial charge on any atom is -0.481 e. The lowest BCUT2D eigenvalue weighted by atomic mass is 9.74. The molecule has 0 aliphatic rings. The Balaban J connectivity index is 4.27. The lowest BCUT2D eigenvalue weighted by Gasteiger charge is -2.35. The van der Waals surface area contributed by atoms with Crippen LogP contribution in [0.5, 0.6) is 0 Å². The van der Waals surface area contributed by atoms with E-state index >= 15 is 0 Å². The van der Waals surface area contributed by atoms with Gasteiger partial charge >= 0.3 is 23.9 Å². The zero-order valence-electron chi connectivity index (χ0n) is 27.1. The molecular weight excluding hydrogens is 558 g/mol. The zero-order chi connectivity index (χ0) is 33.1. The summed E-state index contributed by atoms with van der Waals surface area (Å²) >= 11 is 0. The van der Waals surface area contributed by atoms with Gasteiger partial charge in [0.1, 0.15) is 12.1 Å². The Morgan fingerprint density at radius 2 is 1.35 bits per heavy atom. The zero-order valence-corrected chi connectivity index (χ0v) is 27.1. The lowest BCUT2D eigenvalue weighted by molar-refractivity contribution is -0.140. The Labute approximate surface area is 257 Å². The predicted molar refractivity (Wildman–Crippen MR) is 164 cm³/mol. The van der Waals surface area contributed by atoms with Crippen LogP contribution in [0.3, 0.4) is 0 Å². The summed E-state index contributed by atoms with van der Waals surface area (Å²) in [5.41, 5.74) is 0.127. The van der Waals surface area contributed by atoms with Crippen LogP contribution in [-0.2, 0) is 23.9 Å². The van der Waals surface area contributed by atoms with Crippen LogP contribution in [0, 0.1) is 11.3 Å². The number of urea groups is 1. The second-order valence-electron chi connectivity index (χ2n) is 12.3. The van der Waals surface area contributed by atoms with Gasteiger partial charge in [-0.05, 0) is 69.6 Å². The topological polar surface area (TPSA) is 191 Å². The number of carbonyl (C=O) groups excluding carboxylic acids is 2. The van der Waals surface area contributed by atoms with E-state index in [-0.39, 0.29) is 29.8 Å². The molecule has 12 nitrogen and oxygen atoms in total. The minimum atomic E-state index is -1.46. The van der Waals surface area contributed by atoms with Crippen LogP contribution in [0.4, 0.5) is 4.79 Å². The predicted octanol–water partition coefficient (Wildman–Crippen LogP) is 4.94. The van der Waals surface area contributed by atoms with Crippen molar-refractivity contribution in [2.45, 2.75) is 143 Å². The fourth-order valence-electron chi connectivity index (χ4n) is 4.65. The maximum atomic E-state index is 12.2. The van der Waals surface area contributed by atoms with Crippen LogP contribution in [0.15, 0.2) is 0 Å². The third-order valence-corrected chi connectivity index (χ3v) is 8.78. The monoisotopic (exact) mass is 615 g/mol. The summed E-state index contributed by atoms with van der Waals surface area (Å²) < 4.78 is 6.34. The van der Waals surface area contributed by atoms with E-state index < -0.39 is 42.4 Å². The number of carboxylic acids is 3. The van der Waals surface area contributed by atoms with Crippen molar-refractivity contribution in [3.05, 3.63) is 0 Å². The molecule has 0 radical (unpaired) electrons. The average Bonchev–Trinajstić information content (AvgIpc) is 2.93. The van der Waals surface area contributed by atoms with Gasteiger partial charge in [-0.2, -0.15) is 0 Å². The minimum absolute atomic E-state index is 0.0598. The summed E-state index contributed by atoms with van der Waals surface area (Å²) in [5.74, 6) is -3.36. The molecule has 0 heterocycles. The number of hydrogen-bond acceptors (Lipinski definition) is 6. The lowest BCUT2D eigenvalue weighted by Crippen LogP contribution is -2.51. The molecule has 0 aromatic heterocycles. The van der Waals surface area contributed by atoms with Gasteiger partial charge in [-0.25, -0.2) is 14.4 Å². The first-order valence-electron chi connectivity index (χ1n) is 15.7. The first kappa shape index (κ1) is 40.1. The van der Waals surface area contributed by atoms with Crippen molar-refractivity contribution in [3.8, 4) is 0 Å². The van der Waals surface area contributed by atoms with Crippen LogP contribution in [0.2, 0.25) is 0 Å². The first-order chi connectivity index (χ1) is 20.1. The van der Waals surface area contributed by atoms with Gasteiger partial charge in [0.15, 0.2) is 0 Å². The molecule has 0 rings (SSSR count). The highest BCUT2D eigenvalue weighted by Gasteiger charge is 2.29. The van der Waals surface area contributed by atoms with E-state index in [1.807, 2.05) is 0 Å². The number of nitrogens with one attached hydrogen (secondary N) is 3. The van der Waals surface area contributed by atoms with Gasteiger partial charge in [0.2, 0.25) is 5.91 Å². The summed E-state index contributed by atoms with van der Waals surface area (Å²) in [4.78, 5) is 57.7. The molecule has 3 amide bonds. The summed E-state index contributed by atoms with van der Waals surface area (Å²) in [6.45, 7) is 14.6. The highest BCUT2D eigenvalue weighted by Crippen LogP contribution is 2.35. The number of carbonyl (C=O) groups is 5. The third-order valence-electron chi connectivity index (χ3n) is 8.78. The summed E-state index contributed by atoms with van der Waals surface area (Å²) in [6.07, 6.45) is 7.37. The van der Waals surface area contributed by atoms with Crippen molar-refractivity contribution in [2.24, 2.45) is 11.3 Å². The number of carboxylic acid groups (broad SMARTS) is 3. The second kappa shape index (κ2) is 20.9. The van der Waals surface area contributed by atoms with Crippen molar-refractivity contribution in [1.82, 2.24) is 16.0 Å². The quantitative estimate of drug-likeness (QED) is 0.0772. The average molecular weight is 616 g/mol. The molecule has 0 saturated carbocycles. The standard InChI is InChI=1S/C31H57N3O9/c1-7-30(5,22(3)4)19-21-43-31(6,8-2)18-12-9-10-15-25(35)32-20-13-11-14-23(27(38)39)33-29(42)34-24(28(40)41)16-17-26(36)37/h22-24H,7-21H2,1-6H3,(H,32,35)(H,36,37)(H,38,39)(H,40,41)(H2,33,34,42)/t23-,24-,30?,31?/m0/s1. The van der Waals surface area contributed by atoms with Gasteiger partial charge in [0, 0.05) is 26.0 Å². The van der Waals surface area contributed by atoms with E-state index in [0.29, 0.717) is 31.7 Å². The maximum Gasteiger partial charge on any atom is 0.326 e. The Hall–Kier alpha value is -2.89. The summed E-state index contributed by atoms with van der Waals surface area (Å²) in [6, 6.07) is -3.72. The second-order valence-corrected chi connectivity index (χ2v) is 12.3. The maximum absolute atomic E-state index is 12.2. The fraction of sp³-hybridized carbons (Fsp3) is 0.839. The number of unbranched alkanes of at least 4 members (excludes halogenated alkanes) is 3. The van der Waals surface area contributed by atoms with E-state index in [4.69, 9.17) is 14.9 Å². The molecule has 4 atom stereocenters. The molecule has 12 heteroatoms. The largest absolute Gasteiger partial charge is 0.481 e. The number of ether oxygens (including phenoxy) is 1. The highest BCUT2D eigenvalue weighted by molar-refractivity contribution is 5.86. The summed E-state index contributed by atoms with van der Waals surface area (Å²) in [7, 11) is 0. The number of aliphatic carboxylic acids is 3. The molecule has 0 fully saturated rings. The van der Waals surface area contributed by atoms with Gasteiger partial charge in [-0.1, -0.05) is 53.9 Å². The van der Waals surface area contributed by atoms with Gasteiger partial charge < -0.3 is 36.0 Å². The highest BCUT2D eigenvalue weighted by atomic mass is 16.5. The van der Waals surface area contributed by atoms with E-state index in [1.54, 1.807) is 0 Å². The number of hydrogen-bond donors (Lipinski definition) is 6. The molecular formula is C31H57N3O9. The van der Waals surface area contributed by atoms with E-state index in [1.165, 1.54) is 0 Å². The van der Waals surface area contributed by atoms with Crippen LogP contribution < -0.4 is 16.0 Å².